The number of fused-ring (bicyclic) bond motifs is 1. The standard InChI is InChI=1S/C21H19F3N2O3S/c1-3-12-8-9-16-17(10-12)30-20(26(16)15(4-2)19(28)29)25-18(27)13-6-5-7-14(11-13)21(22,23)24/h5-11,15H,3-4H2,1-2H3,(H,28,29)/b25-20-. The highest BCUT2D eigenvalue weighted by atomic mass is 32.1. The average Bonchev–Trinajstić information content (AvgIpc) is 3.04. The molecule has 2 aromatic carbocycles. The van der Waals surface area contributed by atoms with Crippen LogP contribution < -0.4 is 4.80 Å². The van der Waals surface area contributed by atoms with E-state index in [1.807, 2.05) is 19.1 Å². The first-order valence-electron chi connectivity index (χ1n) is 9.28. The molecule has 0 saturated heterocycles. The summed E-state index contributed by atoms with van der Waals surface area (Å²) < 4.78 is 41.1. The first-order valence-corrected chi connectivity index (χ1v) is 10.1. The zero-order valence-electron chi connectivity index (χ0n) is 16.2. The topological polar surface area (TPSA) is 71.7 Å². The molecular weight excluding hydrogens is 417 g/mol. The number of hydrogen-bond acceptors (Lipinski definition) is 3. The Morgan fingerprint density at radius 1 is 1.17 bits per heavy atom. The summed E-state index contributed by atoms with van der Waals surface area (Å²) in [5, 5.41) is 9.64. The Kier molecular flexibility index (Phi) is 6.12. The second-order valence-electron chi connectivity index (χ2n) is 6.67. The molecule has 3 rings (SSSR count). The van der Waals surface area contributed by atoms with Gasteiger partial charge in [0.25, 0.3) is 5.91 Å². The van der Waals surface area contributed by atoms with Gasteiger partial charge in [0.15, 0.2) is 4.80 Å². The van der Waals surface area contributed by atoms with Gasteiger partial charge in [-0.3, -0.25) is 4.79 Å². The highest BCUT2D eigenvalue weighted by molar-refractivity contribution is 7.16. The molecule has 1 N–H and O–H groups in total. The third-order valence-electron chi connectivity index (χ3n) is 4.72. The van der Waals surface area contributed by atoms with Gasteiger partial charge in [0.2, 0.25) is 0 Å². The van der Waals surface area contributed by atoms with Crippen LogP contribution in [0.25, 0.3) is 10.2 Å². The van der Waals surface area contributed by atoms with E-state index in [9.17, 15) is 27.9 Å². The van der Waals surface area contributed by atoms with E-state index in [-0.39, 0.29) is 16.8 Å². The molecule has 0 aliphatic carbocycles. The van der Waals surface area contributed by atoms with E-state index in [0.29, 0.717) is 5.52 Å². The third-order valence-corrected chi connectivity index (χ3v) is 5.73. The number of rotatable bonds is 5. The van der Waals surface area contributed by atoms with E-state index in [1.54, 1.807) is 13.0 Å². The molecule has 1 aromatic heterocycles. The van der Waals surface area contributed by atoms with Crippen LogP contribution in [0.3, 0.4) is 0 Å². The van der Waals surface area contributed by atoms with Gasteiger partial charge in [0.05, 0.1) is 15.8 Å². The predicted molar refractivity (Wildman–Crippen MR) is 107 cm³/mol. The molecule has 0 saturated carbocycles. The molecule has 3 aromatic rings. The molecule has 30 heavy (non-hydrogen) atoms. The van der Waals surface area contributed by atoms with Gasteiger partial charge in [-0.05, 0) is 48.7 Å². The van der Waals surface area contributed by atoms with Crippen molar-refractivity contribution in [2.45, 2.75) is 38.9 Å². The number of aliphatic carboxylic acids is 1. The second-order valence-corrected chi connectivity index (χ2v) is 7.68. The van der Waals surface area contributed by atoms with E-state index < -0.39 is 29.7 Å². The molecular formula is C21H19F3N2O3S. The SMILES string of the molecule is CCc1ccc2c(c1)s/c(=N\C(=O)c1cccc(C(F)(F)F)c1)n2C(CC)C(=O)O. The molecule has 1 amide bonds. The minimum Gasteiger partial charge on any atom is -0.480 e. The number of nitrogens with zero attached hydrogens (tertiary/aromatic N) is 2. The molecule has 0 spiro atoms. The molecule has 0 fully saturated rings. The summed E-state index contributed by atoms with van der Waals surface area (Å²) in [5.74, 6) is -1.94. The lowest BCUT2D eigenvalue weighted by Gasteiger charge is -2.13. The summed E-state index contributed by atoms with van der Waals surface area (Å²) >= 11 is 1.14. The van der Waals surface area contributed by atoms with Crippen molar-refractivity contribution in [1.82, 2.24) is 4.57 Å². The maximum atomic E-state index is 13.0. The summed E-state index contributed by atoms with van der Waals surface area (Å²) in [6.45, 7) is 3.69. The molecule has 0 aliphatic rings. The fraction of sp³-hybridized carbons (Fsp3) is 0.286. The molecule has 1 heterocycles. The number of hydrogen-bond donors (Lipinski definition) is 1. The molecule has 5 nitrogen and oxygen atoms in total. The minimum absolute atomic E-state index is 0.134. The summed E-state index contributed by atoms with van der Waals surface area (Å²) in [7, 11) is 0. The van der Waals surface area contributed by atoms with Crippen molar-refractivity contribution in [2.24, 2.45) is 4.99 Å². The van der Waals surface area contributed by atoms with Gasteiger partial charge in [-0.25, -0.2) is 4.79 Å². The van der Waals surface area contributed by atoms with Crippen LogP contribution in [-0.4, -0.2) is 21.6 Å². The van der Waals surface area contributed by atoms with E-state index in [0.717, 1.165) is 46.2 Å². The maximum absolute atomic E-state index is 13.0. The number of carbonyl (C=O) groups is 2. The lowest BCUT2D eigenvalue weighted by Crippen LogP contribution is -2.27. The summed E-state index contributed by atoms with van der Waals surface area (Å²) in [4.78, 5) is 28.6. The molecule has 1 atom stereocenters. The molecule has 158 valence electrons. The van der Waals surface area contributed by atoms with Crippen LogP contribution in [0.1, 0.15) is 47.8 Å². The van der Waals surface area contributed by atoms with E-state index in [2.05, 4.69) is 4.99 Å². The fourth-order valence-electron chi connectivity index (χ4n) is 3.14. The fourth-order valence-corrected chi connectivity index (χ4v) is 4.27. The number of carbonyl (C=O) groups excluding carboxylic acids is 1. The summed E-state index contributed by atoms with van der Waals surface area (Å²) in [6.07, 6.45) is -3.55. The number of thiazole rings is 1. The molecule has 0 radical (unpaired) electrons. The highest BCUT2D eigenvalue weighted by Gasteiger charge is 2.31. The molecule has 1 unspecified atom stereocenters. The Morgan fingerprint density at radius 3 is 2.50 bits per heavy atom. The number of aryl methyl sites for hydroxylation is 1. The van der Waals surface area contributed by atoms with Crippen LogP contribution in [-0.2, 0) is 17.4 Å². The van der Waals surface area contributed by atoms with Crippen molar-refractivity contribution >= 4 is 33.4 Å². The number of carboxylic acids is 1. The molecule has 0 bridgehead atoms. The average molecular weight is 436 g/mol. The Bertz CT molecular complexity index is 1180. The lowest BCUT2D eigenvalue weighted by atomic mass is 10.1. The number of alkyl halides is 3. The Hall–Kier alpha value is -2.94. The number of aromatic nitrogens is 1. The first-order chi connectivity index (χ1) is 14.2. The van der Waals surface area contributed by atoms with Crippen molar-refractivity contribution in [3.05, 3.63) is 64.0 Å². The highest BCUT2D eigenvalue weighted by Crippen LogP contribution is 2.30. The van der Waals surface area contributed by atoms with Gasteiger partial charge in [-0.1, -0.05) is 37.3 Å². The van der Waals surface area contributed by atoms with Crippen LogP contribution in [0, 0.1) is 0 Å². The van der Waals surface area contributed by atoms with Crippen molar-refractivity contribution in [3.63, 3.8) is 0 Å². The predicted octanol–water partition coefficient (Wildman–Crippen LogP) is 5.06. The van der Waals surface area contributed by atoms with Gasteiger partial charge in [-0.2, -0.15) is 18.2 Å². The number of amides is 1. The van der Waals surface area contributed by atoms with Crippen LogP contribution >= 0.6 is 11.3 Å². The smallest absolute Gasteiger partial charge is 0.416 e. The summed E-state index contributed by atoms with van der Waals surface area (Å²) in [6, 6.07) is 8.61. The second kappa shape index (κ2) is 8.43. The quantitative estimate of drug-likeness (QED) is 0.608. The largest absolute Gasteiger partial charge is 0.480 e. The zero-order valence-corrected chi connectivity index (χ0v) is 17.0. The Labute approximate surface area is 174 Å². The van der Waals surface area contributed by atoms with E-state index >= 15 is 0 Å². The van der Waals surface area contributed by atoms with Crippen molar-refractivity contribution < 1.29 is 27.9 Å². The zero-order chi connectivity index (χ0) is 22.1. The van der Waals surface area contributed by atoms with Gasteiger partial charge >= 0.3 is 12.1 Å². The maximum Gasteiger partial charge on any atom is 0.416 e. The Balaban J connectivity index is 2.20. The van der Waals surface area contributed by atoms with Gasteiger partial charge < -0.3 is 9.67 Å². The number of carboxylic acid groups (broad SMARTS) is 1. The number of halogens is 3. The van der Waals surface area contributed by atoms with Crippen molar-refractivity contribution in [2.75, 3.05) is 0 Å². The van der Waals surface area contributed by atoms with Gasteiger partial charge in [0.1, 0.15) is 6.04 Å². The third kappa shape index (κ3) is 4.30. The lowest BCUT2D eigenvalue weighted by molar-refractivity contribution is -0.141. The summed E-state index contributed by atoms with van der Waals surface area (Å²) in [5.41, 5.74) is 0.487. The van der Waals surface area contributed by atoms with Gasteiger partial charge in [0, 0.05) is 5.56 Å². The van der Waals surface area contributed by atoms with Crippen LogP contribution in [0.5, 0.6) is 0 Å². The Morgan fingerprint density at radius 2 is 1.90 bits per heavy atom. The van der Waals surface area contributed by atoms with E-state index in [1.165, 1.54) is 10.6 Å². The monoisotopic (exact) mass is 436 g/mol. The van der Waals surface area contributed by atoms with E-state index in [4.69, 9.17) is 0 Å². The molecule has 9 heteroatoms. The first kappa shape index (κ1) is 21.8. The van der Waals surface area contributed by atoms with Crippen LogP contribution in [0.2, 0.25) is 0 Å². The van der Waals surface area contributed by atoms with Crippen molar-refractivity contribution in [3.8, 4) is 0 Å². The normalized spacial score (nSPS) is 13.6. The minimum atomic E-state index is -4.58. The number of benzene rings is 2. The van der Waals surface area contributed by atoms with Crippen molar-refractivity contribution in [1.29, 1.82) is 0 Å². The van der Waals surface area contributed by atoms with Gasteiger partial charge in [-0.15, -0.1) is 0 Å². The van der Waals surface area contributed by atoms with Crippen LogP contribution in [0.15, 0.2) is 47.5 Å². The molecule has 0 aliphatic heterocycles. The van der Waals surface area contributed by atoms with Crippen LogP contribution in [0.4, 0.5) is 13.2 Å².